The van der Waals surface area contributed by atoms with Gasteiger partial charge in [-0.2, -0.15) is 4.31 Å². The van der Waals surface area contributed by atoms with Crippen LogP contribution >= 0.6 is 15.9 Å². The predicted octanol–water partition coefficient (Wildman–Crippen LogP) is 1.57. The van der Waals surface area contributed by atoms with E-state index in [0.717, 1.165) is 12.8 Å². The maximum atomic E-state index is 12.9. The molecule has 0 aromatic heterocycles. The van der Waals surface area contributed by atoms with Crippen LogP contribution < -0.4 is 5.73 Å². The minimum atomic E-state index is -3.58. The third-order valence-electron chi connectivity index (χ3n) is 5.06. The number of hydrogen-bond donors (Lipinski definition) is 1. The second-order valence-electron chi connectivity index (χ2n) is 6.72. The minimum absolute atomic E-state index is 0.137. The van der Waals surface area contributed by atoms with Gasteiger partial charge >= 0.3 is 0 Å². The van der Waals surface area contributed by atoms with Crippen molar-refractivity contribution in [2.24, 2.45) is 11.7 Å². The van der Waals surface area contributed by atoms with E-state index < -0.39 is 10.0 Å². The van der Waals surface area contributed by atoms with Crippen LogP contribution in [-0.2, 0) is 14.8 Å². The highest BCUT2D eigenvalue weighted by Gasteiger charge is 2.30. The Hall–Kier alpha value is -1.45. The largest absolute Gasteiger partial charge is 0.369 e. The van der Waals surface area contributed by atoms with Crippen LogP contribution in [0.4, 0.5) is 0 Å². The van der Waals surface area contributed by atoms with Crippen molar-refractivity contribution in [3.8, 4) is 0 Å². The molecule has 7 nitrogen and oxygen atoms in total. The molecule has 2 heterocycles. The van der Waals surface area contributed by atoms with Gasteiger partial charge in [0, 0.05) is 36.6 Å². The highest BCUT2D eigenvalue weighted by molar-refractivity contribution is 9.10. The summed E-state index contributed by atoms with van der Waals surface area (Å²) in [7, 11) is -3.58. The van der Waals surface area contributed by atoms with Crippen LogP contribution in [0.3, 0.4) is 0 Å². The Morgan fingerprint density at radius 3 is 2.27 bits per heavy atom. The summed E-state index contributed by atoms with van der Waals surface area (Å²) in [6.45, 7) is 1.90. The van der Waals surface area contributed by atoms with E-state index in [0.29, 0.717) is 49.1 Å². The molecule has 2 aliphatic heterocycles. The van der Waals surface area contributed by atoms with Crippen molar-refractivity contribution in [1.29, 1.82) is 0 Å². The summed E-state index contributed by atoms with van der Waals surface area (Å²) in [5.41, 5.74) is 5.65. The second kappa shape index (κ2) is 7.66. The van der Waals surface area contributed by atoms with Gasteiger partial charge in [0.25, 0.3) is 5.91 Å². The average molecular weight is 444 g/mol. The Bertz CT molecular complexity index is 813. The number of sulfonamides is 1. The molecule has 0 radical (unpaired) electrons. The number of benzene rings is 1. The lowest BCUT2D eigenvalue weighted by Crippen LogP contribution is -2.41. The number of likely N-dealkylation sites (tertiary alicyclic amines) is 1. The van der Waals surface area contributed by atoms with Crippen molar-refractivity contribution >= 4 is 37.8 Å². The summed E-state index contributed by atoms with van der Waals surface area (Å²) >= 11 is 3.35. The fraction of sp³-hybridized carbons (Fsp3) is 0.529. The van der Waals surface area contributed by atoms with Crippen LogP contribution in [0.25, 0.3) is 0 Å². The molecule has 0 unspecified atom stereocenters. The molecule has 0 bridgehead atoms. The number of rotatable bonds is 4. The molecule has 26 heavy (non-hydrogen) atoms. The maximum absolute atomic E-state index is 12.9. The Morgan fingerprint density at radius 1 is 1.08 bits per heavy atom. The summed E-state index contributed by atoms with van der Waals surface area (Å²) in [5, 5.41) is 0. The van der Waals surface area contributed by atoms with Gasteiger partial charge in [-0.25, -0.2) is 8.42 Å². The molecule has 2 saturated heterocycles. The van der Waals surface area contributed by atoms with E-state index in [9.17, 15) is 18.0 Å². The van der Waals surface area contributed by atoms with E-state index in [1.807, 2.05) is 0 Å². The second-order valence-corrected chi connectivity index (χ2v) is 9.51. The molecule has 1 aromatic rings. The maximum Gasteiger partial charge on any atom is 0.255 e. The number of carbonyl (C=O) groups excluding carboxylic acids is 2. The fourth-order valence-corrected chi connectivity index (χ4v) is 5.40. The first-order valence-electron chi connectivity index (χ1n) is 8.69. The molecule has 2 N–H and O–H groups in total. The Balaban J connectivity index is 1.82. The normalized spacial score (nSPS) is 19.7. The zero-order valence-corrected chi connectivity index (χ0v) is 16.8. The van der Waals surface area contributed by atoms with Crippen molar-refractivity contribution in [2.45, 2.75) is 30.6 Å². The summed E-state index contributed by atoms with van der Waals surface area (Å²) in [5.74, 6) is -0.778. The first-order chi connectivity index (χ1) is 12.3. The average Bonchev–Trinajstić information content (AvgIpc) is 3.17. The van der Waals surface area contributed by atoms with Crippen molar-refractivity contribution in [3.05, 3.63) is 28.2 Å². The number of amides is 2. The van der Waals surface area contributed by atoms with E-state index in [2.05, 4.69) is 15.9 Å². The molecule has 0 atom stereocenters. The number of nitrogens with two attached hydrogens (primary N) is 1. The van der Waals surface area contributed by atoms with Crippen molar-refractivity contribution in [3.63, 3.8) is 0 Å². The van der Waals surface area contributed by atoms with E-state index in [4.69, 9.17) is 5.73 Å². The smallest absolute Gasteiger partial charge is 0.255 e. The van der Waals surface area contributed by atoms with Gasteiger partial charge in [-0.3, -0.25) is 9.59 Å². The van der Waals surface area contributed by atoms with E-state index in [1.165, 1.54) is 16.4 Å². The monoisotopic (exact) mass is 443 g/mol. The fourth-order valence-electron chi connectivity index (χ4n) is 3.44. The molecule has 2 fully saturated rings. The van der Waals surface area contributed by atoms with Crippen LogP contribution in [0.5, 0.6) is 0 Å². The highest BCUT2D eigenvalue weighted by atomic mass is 79.9. The summed E-state index contributed by atoms with van der Waals surface area (Å²) < 4.78 is 27.5. The van der Waals surface area contributed by atoms with Crippen LogP contribution in [0.15, 0.2) is 27.6 Å². The number of carbonyl (C=O) groups is 2. The lowest BCUT2D eigenvalue weighted by atomic mass is 9.96. The predicted molar refractivity (Wildman–Crippen MR) is 100.0 cm³/mol. The third-order valence-corrected chi connectivity index (χ3v) is 7.64. The molecule has 0 saturated carbocycles. The molecule has 0 aliphatic carbocycles. The van der Waals surface area contributed by atoms with Crippen LogP contribution in [0.1, 0.15) is 36.0 Å². The number of halogens is 1. The lowest BCUT2D eigenvalue weighted by molar-refractivity contribution is -0.123. The van der Waals surface area contributed by atoms with E-state index >= 15 is 0 Å². The number of piperidine rings is 1. The topological polar surface area (TPSA) is 101 Å². The highest BCUT2D eigenvalue weighted by Crippen LogP contribution is 2.27. The zero-order chi connectivity index (χ0) is 18.9. The number of hydrogen-bond acceptors (Lipinski definition) is 4. The van der Waals surface area contributed by atoms with Gasteiger partial charge in [-0.05, 0) is 59.8 Å². The van der Waals surface area contributed by atoms with Gasteiger partial charge in [-0.15, -0.1) is 0 Å². The van der Waals surface area contributed by atoms with E-state index in [1.54, 1.807) is 11.0 Å². The molecule has 1 aromatic carbocycles. The standard InChI is InChI=1S/C17H22BrN3O4S/c18-15-4-3-13(26(24,25)21-7-1-2-8-21)11-14(15)17(23)20-9-5-12(6-10-20)16(19)22/h3-4,11-12H,1-2,5-10H2,(H2,19,22). The summed E-state index contributed by atoms with van der Waals surface area (Å²) in [6.07, 6.45) is 2.78. The Kier molecular flexibility index (Phi) is 5.69. The Morgan fingerprint density at radius 2 is 1.69 bits per heavy atom. The van der Waals surface area contributed by atoms with Crippen molar-refractivity contribution in [2.75, 3.05) is 26.2 Å². The molecular formula is C17H22BrN3O4S. The van der Waals surface area contributed by atoms with E-state index in [-0.39, 0.29) is 22.6 Å². The third kappa shape index (κ3) is 3.79. The number of primary amides is 1. The molecular weight excluding hydrogens is 422 g/mol. The molecule has 3 rings (SSSR count). The van der Waals surface area contributed by atoms with Crippen LogP contribution in [0.2, 0.25) is 0 Å². The SMILES string of the molecule is NC(=O)C1CCN(C(=O)c2cc(S(=O)(=O)N3CCCC3)ccc2Br)CC1. The van der Waals surface area contributed by atoms with Gasteiger partial charge < -0.3 is 10.6 Å². The first-order valence-corrected chi connectivity index (χ1v) is 10.9. The van der Waals surface area contributed by atoms with Gasteiger partial charge in [-0.1, -0.05) is 0 Å². The van der Waals surface area contributed by atoms with Crippen LogP contribution in [-0.4, -0.2) is 55.6 Å². The summed E-state index contributed by atoms with van der Waals surface area (Å²) in [6, 6.07) is 4.57. The van der Waals surface area contributed by atoms with Crippen LogP contribution in [0, 0.1) is 5.92 Å². The van der Waals surface area contributed by atoms with Gasteiger partial charge in [0.1, 0.15) is 0 Å². The van der Waals surface area contributed by atoms with Gasteiger partial charge in [0.05, 0.1) is 10.5 Å². The summed E-state index contributed by atoms with van der Waals surface area (Å²) in [4.78, 5) is 25.9. The molecule has 2 amide bonds. The zero-order valence-electron chi connectivity index (χ0n) is 14.4. The molecule has 9 heteroatoms. The first kappa shape index (κ1) is 19.3. The molecule has 142 valence electrons. The lowest BCUT2D eigenvalue weighted by Gasteiger charge is -2.31. The Labute approximate surface area is 161 Å². The van der Waals surface area contributed by atoms with Gasteiger partial charge in [0.2, 0.25) is 15.9 Å². The molecule has 2 aliphatic rings. The quantitative estimate of drug-likeness (QED) is 0.762. The molecule has 0 spiro atoms. The minimum Gasteiger partial charge on any atom is -0.369 e. The van der Waals surface area contributed by atoms with Crippen molar-refractivity contribution < 1.29 is 18.0 Å². The van der Waals surface area contributed by atoms with Gasteiger partial charge in [0.15, 0.2) is 0 Å². The van der Waals surface area contributed by atoms with Crippen molar-refractivity contribution in [1.82, 2.24) is 9.21 Å². The number of nitrogens with zero attached hydrogens (tertiary/aromatic N) is 2.